The van der Waals surface area contributed by atoms with Crippen molar-refractivity contribution < 1.29 is 8.42 Å². The number of anilines is 1. The highest BCUT2D eigenvalue weighted by Crippen LogP contribution is 2.24. The molecule has 1 heterocycles. The molecule has 0 bridgehead atoms. The van der Waals surface area contributed by atoms with E-state index < -0.39 is 9.84 Å². The molecule has 1 aliphatic rings. The fourth-order valence-corrected chi connectivity index (χ4v) is 4.36. The monoisotopic (exact) mass is 429 g/mol. The highest BCUT2D eigenvalue weighted by molar-refractivity contribution is 14.1. The second-order valence-electron chi connectivity index (χ2n) is 4.23. The Morgan fingerprint density at radius 2 is 2.18 bits per heavy atom. The molecule has 0 aromatic heterocycles. The Morgan fingerprint density at radius 1 is 1.41 bits per heavy atom. The van der Waals surface area contributed by atoms with Gasteiger partial charge >= 0.3 is 0 Å². The van der Waals surface area contributed by atoms with Crippen molar-refractivity contribution in [3.8, 4) is 0 Å². The van der Waals surface area contributed by atoms with Crippen molar-refractivity contribution >= 4 is 54.0 Å². The summed E-state index contributed by atoms with van der Waals surface area (Å²) in [6, 6.07) is 6.01. The van der Waals surface area contributed by atoms with E-state index in [0.29, 0.717) is 5.75 Å². The predicted molar refractivity (Wildman–Crippen MR) is 82.2 cm³/mol. The molecule has 2 rings (SSSR count). The van der Waals surface area contributed by atoms with E-state index in [1.165, 1.54) is 0 Å². The molecule has 0 aliphatic carbocycles. The van der Waals surface area contributed by atoms with Gasteiger partial charge in [0.25, 0.3) is 0 Å². The van der Waals surface area contributed by atoms with Gasteiger partial charge in [0.1, 0.15) is 0 Å². The lowest BCUT2D eigenvalue weighted by atomic mass is 10.2. The first-order valence-electron chi connectivity index (χ1n) is 5.38. The van der Waals surface area contributed by atoms with E-state index >= 15 is 0 Å². The maximum Gasteiger partial charge on any atom is 0.152 e. The number of hydrogen-bond donors (Lipinski definition) is 1. The smallest absolute Gasteiger partial charge is 0.152 e. The Kier molecular flexibility index (Phi) is 4.35. The number of halogens is 2. The zero-order valence-electron chi connectivity index (χ0n) is 9.12. The van der Waals surface area contributed by atoms with Gasteiger partial charge in [-0.25, -0.2) is 8.42 Å². The van der Waals surface area contributed by atoms with Crippen LogP contribution in [0.3, 0.4) is 0 Å². The summed E-state index contributed by atoms with van der Waals surface area (Å²) in [6.45, 7) is 0. The summed E-state index contributed by atoms with van der Waals surface area (Å²) < 4.78 is 25.2. The molecule has 1 N–H and O–H groups in total. The van der Waals surface area contributed by atoms with Gasteiger partial charge in [-0.2, -0.15) is 0 Å². The van der Waals surface area contributed by atoms with E-state index in [1.807, 2.05) is 18.2 Å². The van der Waals surface area contributed by atoms with Crippen molar-refractivity contribution in [3.63, 3.8) is 0 Å². The van der Waals surface area contributed by atoms with Gasteiger partial charge in [-0.3, -0.25) is 0 Å². The summed E-state index contributed by atoms with van der Waals surface area (Å²) in [5.41, 5.74) is 0.986. The van der Waals surface area contributed by atoms with Crippen molar-refractivity contribution in [3.05, 3.63) is 26.2 Å². The zero-order chi connectivity index (χ0) is 12.5. The molecule has 0 saturated carbocycles. The molecule has 0 radical (unpaired) electrons. The number of nitrogens with one attached hydrogen (secondary N) is 1. The van der Waals surface area contributed by atoms with Gasteiger partial charge in [-0.05, 0) is 69.6 Å². The molecule has 1 aliphatic heterocycles. The van der Waals surface area contributed by atoms with Gasteiger partial charge in [0.2, 0.25) is 0 Å². The van der Waals surface area contributed by atoms with E-state index in [-0.39, 0.29) is 11.8 Å². The molecule has 17 heavy (non-hydrogen) atoms. The maximum absolute atomic E-state index is 11.5. The third-order valence-electron chi connectivity index (χ3n) is 2.75. The first-order chi connectivity index (χ1) is 7.96. The molecule has 1 atom stereocenters. The van der Waals surface area contributed by atoms with E-state index in [0.717, 1.165) is 26.6 Å². The Hall–Kier alpha value is 0.180. The lowest BCUT2D eigenvalue weighted by Gasteiger charge is -2.24. The predicted octanol–water partition coefficient (Wildman–Crippen LogP) is 3.04. The molecule has 0 amide bonds. The molecule has 1 fully saturated rings. The number of rotatable bonds is 2. The van der Waals surface area contributed by atoms with E-state index in [1.54, 1.807) is 0 Å². The van der Waals surface area contributed by atoms with Crippen molar-refractivity contribution in [1.29, 1.82) is 0 Å². The largest absolute Gasteiger partial charge is 0.381 e. The molecule has 6 heteroatoms. The number of hydrogen-bond acceptors (Lipinski definition) is 3. The topological polar surface area (TPSA) is 46.2 Å². The second-order valence-corrected chi connectivity index (χ2v) is 8.47. The van der Waals surface area contributed by atoms with Crippen molar-refractivity contribution in [2.45, 2.75) is 18.9 Å². The minimum atomic E-state index is -2.84. The van der Waals surface area contributed by atoms with Gasteiger partial charge < -0.3 is 5.32 Å². The molecule has 3 nitrogen and oxygen atoms in total. The Bertz CT molecular complexity index is 518. The van der Waals surface area contributed by atoms with Crippen molar-refractivity contribution in [2.24, 2.45) is 0 Å². The normalized spacial score (nSPS) is 23.3. The first-order valence-corrected chi connectivity index (χ1v) is 9.07. The Morgan fingerprint density at radius 3 is 2.82 bits per heavy atom. The SMILES string of the molecule is O=S1(=O)CCCC(Nc2ccc(Br)c(I)c2)C1. The minimum Gasteiger partial charge on any atom is -0.381 e. The van der Waals surface area contributed by atoms with Crippen LogP contribution in [0, 0.1) is 3.57 Å². The molecule has 94 valence electrons. The first kappa shape index (κ1) is 13.6. The van der Waals surface area contributed by atoms with Gasteiger partial charge in [0.05, 0.1) is 11.5 Å². The average molecular weight is 430 g/mol. The molecule has 1 aromatic carbocycles. The molecule has 0 spiro atoms. The lowest BCUT2D eigenvalue weighted by molar-refractivity contribution is 0.562. The average Bonchev–Trinajstić information content (AvgIpc) is 2.22. The summed E-state index contributed by atoms with van der Waals surface area (Å²) >= 11 is 5.69. The second kappa shape index (κ2) is 5.44. The quantitative estimate of drug-likeness (QED) is 0.735. The lowest BCUT2D eigenvalue weighted by Crippen LogP contribution is -2.34. The van der Waals surface area contributed by atoms with Crippen molar-refractivity contribution in [2.75, 3.05) is 16.8 Å². The third-order valence-corrected chi connectivity index (χ3v) is 6.90. The summed E-state index contributed by atoms with van der Waals surface area (Å²) in [5.74, 6) is 0.586. The zero-order valence-corrected chi connectivity index (χ0v) is 13.7. The minimum absolute atomic E-state index is 0.0470. The van der Waals surface area contributed by atoms with E-state index in [4.69, 9.17) is 0 Å². The van der Waals surface area contributed by atoms with Crippen molar-refractivity contribution in [1.82, 2.24) is 0 Å². The van der Waals surface area contributed by atoms with E-state index in [2.05, 4.69) is 43.8 Å². The molecular weight excluding hydrogens is 417 g/mol. The van der Waals surface area contributed by atoms with Crippen LogP contribution >= 0.6 is 38.5 Å². The van der Waals surface area contributed by atoms with Crippen LogP contribution in [-0.4, -0.2) is 26.0 Å². The summed E-state index contributed by atoms with van der Waals surface area (Å²) in [6.07, 6.45) is 1.68. The van der Waals surface area contributed by atoms with Crippen LogP contribution < -0.4 is 5.32 Å². The van der Waals surface area contributed by atoms with Crippen LogP contribution in [0.4, 0.5) is 5.69 Å². The van der Waals surface area contributed by atoms with Crippen LogP contribution in [0.1, 0.15) is 12.8 Å². The van der Waals surface area contributed by atoms with Gasteiger partial charge in [0, 0.05) is 19.8 Å². The van der Waals surface area contributed by atoms with Crippen LogP contribution in [0.5, 0.6) is 0 Å². The summed E-state index contributed by atoms with van der Waals surface area (Å²) in [4.78, 5) is 0. The summed E-state index contributed by atoms with van der Waals surface area (Å²) in [5, 5.41) is 3.30. The maximum atomic E-state index is 11.5. The Balaban J connectivity index is 2.08. The Labute approximate surface area is 124 Å². The summed E-state index contributed by atoms with van der Waals surface area (Å²) in [7, 11) is -2.84. The third kappa shape index (κ3) is 3.82. The van der Waals surface area contributed by atoms with Gasteiger partial charge in [-0.15, -0.1) is 0 Å². The van der Waals surface area contributed by atoms with Crippen LogP contribution in [0.2, 0.25) is 0 Å². The molecule has 1 aromatic rings. The highest BCUT2D eigenvalue weighted by atomic mass is 127. The standard InChI is InChI=1S/C11H13BrINO2S/c12-10-4-3-8(6-11(10)13)14-9-2-1-5-17(15,16)7-9/h3-4,6,9,14H,1-2,5,7H2. The number of benzene rings is 1. The van der Waals surface area contributed by atoms with Gasteiger partial charge in [-0.1, -0.05) is 0 Å². The fraction of sp³-hybridized carbons (Fsp3) is 0.455. The molecular formula is C11H13BrINO2S. The van der Waals surface area contributed by atoms with E-state index in [9.17, 15) is 8.42 Å². The molecule has 1 saturated heterocycles. The van der Waals surface area contributed by atoms with Crippen LogP contribution in [0.15, 0.2) is 22.7 Å². The fourth-order valence-electron chi connectivity index (χ4n) is 1.96. The van der Waals surface area contributed by atoms with Crippen LogP contribution in [-0.2, 0) is 9.84 Å². The van der Waals surface area contributed by atoms with Gasteiger partial charge in [0.15, 0.2) is 9.84 Å². The van der Waals surface area contributed by atoms with Crippen LogP contribution in [0.25, 0.3) is 0 Å². The molecule has 1 unspecified atom stereocenters. The number of sulfone groups is 1. The highest BCUT2D eigenvalue weighted by Gasteiger charge is 2.24.